The van der Waals surface area contributed by atoms with Crippen LogP contribution in [0.3, 0.4) is 0 Å². The monoisotopic (exact) mass is 1540 g/mol. The minimum atomic E-state index is -0.765. The smallest absolute Gasteiger partial charge is 0.269 e. The van der Waals surface area contributed by atoms with Crippen LogP contribution in [0.2, 0.25) is 0 Å². The molecule has 0 aliphatic heterocycles. The van der Waals surface area contributed by atoms with Gasteiger partial charge in [-0.1, -0.05) is 86.2 Å². The van der Waals surface area contributed by atoms with E-state index in [4.69, 9.17) is 0 Å². The van der Waals surface area contributed by atoms with E-state index in [0.29, 0.717) is 32.2 Å². The van der Waals surface area contributed by atoms with Crippen LogP contribution in [-0.2, 0) is 43.2 Å². The molecule has 6 unspecified atom stereocenters. The predicted molar refractivity (Wildman–Crippen MR) is 422 cm³/mol. The van der Waals surface area contributed by atoms with Gasteiger partial charge < -0.3 is 21.3 Å². The molecule has 4 aliphatic rings. The second kappa shape index (κ2) is 38.6. The summed E-state index contributed by atoms with van der Waals surface area (Å²) in [6.07, 6.45) is 2.37. The summed E-state index contributed by atoms with van der Waals surface area (Å²) in [5.74, 6) is 2.98. The normalized spacial score (nSPS) is 19.0. The lowest BCUT2D eigenvalue weighted by Gasteiger charge is -2.19. The molecule has 11 rings (SSSR count). The largest absolute Gasteiger partial charge is 0.356 e. The number of nitrogens with zero attached hydrogens (tertiary/aromatic N) is 3. The van der Waals surface area contributed by atoms with Crippen LogP contribution >= 0.6 is 0 Å². The van der Waals surface area contributed by atoms with Crippen molar-refractivity contribution in [2.24, 2.45) is 29.1 Å². The minimum Gasteiger partial charge on any atom is -0.356 e. The third kappa shape index (κ3) is 22.0. The average molecular weight is 1540 g/mol. The second-order valence-corrected chi connectivity index (χ2v) is 30.7. The standard InChI is InChI=1S/C24H23FN2O3.C23H29NO3.2C22H23FN2O3/c1-4-6-16-11-14(2)21(15(3)12-16)22-19(28)13-17(23(22)29)9-10-26-24(30)18-7-5-8-20(25)27-18;1-7-8-16-11-14(2)19(15(3)12-16)20-18(25)13-17(21(20)26)9-10-24-22(27)23(4,5)6;2*1-12-9-13(2)19(14(3)10-12)20-17(26)11-15(21(20)27)7-8-24-22(28)16-5-4-6-18(23)25-16/h5,7-8,11-12,17,22H,9-10,13H2,1-3H3,(H,26,30);11-12,17,20H,9-10,13H2,1-6H3,(H,24,27);2*4-6,9-10,15,20H,7-8,11H2,1-3H3,(H,24,28)/t;;2*15-,20?/m..10/s1. The number of benzene rings is 4. The van der Waals surface area contributed by atoms with Crippen molar-refractivity contribution in [2.75, 3.05) is 26.2 Å². The van der Waals surface area contributed by atoms with E-state index in [2.05, 4.69) is 59.9 Å². The quantitative estimate of drug-likeness (QED) is 0.0332. The molecule has 4 amide bonds. The lowest BCUT2D eigenvalue weighted by molar-refractivity contribution is -0.129. The van der Waals surface area contributed by atoms with Gasteiger partial charge in [0.15, 0.2) is 23.1 Å². The maximum Gasteiger partial charge on any atom is 0.269 e. The van der Waals surface area contributed by atoms with E-state index < -0.39 is 82.4 Å². The van der Waals surface area contributed by atoms with Crippen molar-refractivity contribution in [3.63, 3.8) is 0 Å². The Balaban J connectivity index is 0.000000189. The number of nitrogens with one attached hydrogen (secondary N) is 4. The Hall–Kier alpha value is -11.5. The summed E-state index contributed by atoms with van der Waals surface area (Å²) >= 11 is 0. The first-order valence-electron chi connectivity index (χ1n) is 37.9. The van der Waals surface area contributed by atoms with Crippen LogP contribution in [0, 0.1) is 140 Å². The molecule has 0 spiro atoms. The lowest BCUT2D eigenvalue weighted by Crippen LogP contribution is -2.36. The first kappa shape index (κ1) is 87.1. The highest BCUT2D eigenvalue weighted by Gasteiger charge is 2.47. The molecule has 4 aromatic carbocycles. The zero-order chi connectivity index (χ0) is 83.0. The average Bonchev–Trinajstić information content (AvgIpc) is 1.68. The number of amides is 4. The van der Waals surface area contributed by atoms with E-state index in [1.165, 1.54) is 36.4 Å². The summed E-state index contributed by atoms with van der Waals surface area (Å²) in [5.41, 5.74) is 14.1. The Morgan fingerprint density at radius 1 is 0.372 bits per heavy atom. The maximum atomic E-state index is 13.1. The molecule has 4 N–H and O–H groups in total. The number of hydrogen-bond donors (Lipinski definition) is 4. The number of pyridine rings is 3. The molecule has 7 aromatic rings. The van der Waals surface area contributed by atoms with Crippen molar-refractivity contribution in [1.29, 1.82) is 0 Å². The van der Waals surface area contributed by atoms with Gasteiger partial charge in [-0.2, -0.15) is 13.2 Å². The Labute approximate surface area is 658 Å². The maximum absolute atomic E-state index is 13.1. The van der Waals surface area contributed by atoms with Gasteiger partial charge in [0, 0.05) is 92.1 Å². The van der Waals surface area contributed by atoms with Crippen LogP contribution in [0.5, 0.6) is 0 Å². The summed E-state index contributed by atoms with van der Waals surface area (Å²) in [7, 11) is 0. The number of hydrogen-bond acceptors (Lipinski definition) is 15. The number of carbonyl (C=O) groups is 12. The summed E-state index contributed by atoms with van der Waals surface area (Å²) in [5, 5.41) is 10.8. The van der Waals surface area contributed by atoms with Gasteiger partial charge in [0.25, 0.3) is 17.7 Å². The molecule has 113 heavy (non-hydrogen) atoms. The molecule has 3 heterocycles. The van der Waals surface area contributed by atoms with Crippen molar-refractivity contribution in [1.82, 2.24) is 36.2 Å². The topological polar surface area (TPSA) is 292 Å². The fourth-order valence-electron chi connectivity index (χ4n) is 15.8. The molecular weight excluding hydrogens is 1440 g/mol. The van der Waals surface area contributed by atoms with Crippen LogP contribution in [0.15, 0.2) is 103 Å². The van der Waals surface area contributed by atoms with Gasteiger partial charge in [0.1, 0.15) is 63.9 Å². The summed E-state index contributed by atoms with van der Waals surface area (Å²) in [6, 6.07) is 27.6. The number of halogens is 3. The van der Waals surface area contributed by atoms with Crippen LogP contribution in [-0.4, -0.2) is 111 Å². The summed E-state index contributed by atoms with van der Waals surface area (Å²) in [4.78, 5) is 161. The van der Waals surface area contributed by atoms with Crippen molar-refractivity contribution in [3.05, 3.63) is 227 Å². The number of aryl methyl sites for hydroxylation is 10. The van der Waals surface area contributed by atoms with Gasteiger partial charge >= 0.3 is 0 Å². The molecule has 19 nitrogen and oxygen atoms in total. The zero-order valence-corrected chi connectivity index (χ0v) is 66.8. The number of ketones is 8. The molecular formula is C91H98F3N7O12. The number of aromatic nitrogens is 3. The van der Waals surface area contributed by atoms with E-state index in [1.807, 2.05) is 139 Å². The fraction of sp³-hybridized carbons (Fsp3) is 0.396. The van der Waals surface area contributed by atoms with Gasteiger partial charge in [-0.15, -0.1) is 11.8 Å². The third-order valence-electron chi connectivity index (χ3n) is 20.8. The number of rotatable bonds is 19. The van der Waals surface area contributed by atoms with Gasteiger partial charge in [0.05, 0.1) is 0 Å². The summed E-state index contributed by atoms with van der Waals surface area (Å²) < 4.78 is 39.4. The van der Waals surface area contributed by atoms with Crippen LogP contribution in [0.25, 0.3) is 0 Å². The molecule has 0 bridgehead atoms. The van der Waals surface area contributed by atoms with E-state index in [9.17, 15) is 70.7 Å². The van der Waals surface area contributed by atoms with Crippen molar-refractivity contribution in [3.8, 4) is 23.7 Å². The Kier molecular flexibility index (Phi) is 29.7. The third-order valence-corrected chi connectivity index (χ3v) is 20.8. The van der Waals surface area contributed by atoms with E-state index >= 15 is 0 Å². The first-order chi connectivity index (χ1) is 53.4. The molecule has 4 fully saturated rings. The number of carbonyl (C=O) groups excluding carboxylic acids is 12. The van der Waals surface area contributed by atoms with E-state index in [1.54, 1.807) is 13.8 Å². The molecule has 3 aromatic heterocycles. The van der Waals surface area contributed by atoms with E-state index in [-0.39, 0.29) is 120 Å². The Bertz CT molecular complexity index is 4830. The summed E-state index contributed by atoms with van der Waals surface area (Å²) in [6.45, 7) is 29.5. The molecule has 22 heteroatoms. The molecule has 590 valence electrons. The highest BCUT2D eigenvalue weighted by atomic mass is 19.1. The highest BCUT2D eigenvalue weighted by Crippen LogP contribution is 2.42. The van der Waals surface area contributed by atoms with Gasteiger partial charge in [-0.05, 0) is 236 Å². The fourth-order valence-corrected chi connectivity index (χ4v) is 15.8. The molecule has 0 saturated heterocycles. The van der Waals surface area contributed by atoms with Gasteiger partial charge in [0.2, 0.25) is 23.8 Å². The molecule has 8 atom stereocenters. The van der Waals surface area contributed by atoms with E-state index in [0.717, 1.165) is 107 Å². The molecule has 4 saturated carbocycles. The highest BCUT2D eigenvalue weighted by molar-refractivity contribution is 6.17. The second-order valence-electron chi connectivity index (χ2n) is 30.7. The lowest BCUT2D eigenvalue weighted by atomic mass is 9.86. The van der Waals surface area contributed by atoms with Crippen LogP contribution in [0.4, 0.5) is 13.2 Å². The number of Topliss-reactive ketones (excluding diaryl/α,β-unsaturated/α-hetero) is 8. The minimum absolute atomic E-state index is 0.0161. The van der Waals surface area contributed by atoms with Crippen molar-refractivity contribution in [2.45, 2.75) is 179 Å². The van der Waals surface area contributed by atoms with Crippen molar-refractivity contribution < 1.29 is 70.7 Å². The van der Waals surface area contributed by atoms with Crippen LogP contribution < -0.4 is 21.3 Å². The molecule has 4 aliphatic carbocycles. The SMILES string of the molecule is CC#Cc1cc(C)c(C2C(=O)CC(CCNC(=O)C(C)(C)C)C2=O)c(C)c1.CC#Cc1cc(C)c(C2C(=O)CC(CCNC(=O)c3cccc(F)n3)C2=O)c(C)c1.Cc1cc(C)c(C2C(=O)C[C@@H](CCNC(=O)c3cccc(F)n3)C2=O)c(C)c1.Cc1cc(C)c(C2C(=O)C[C@H](CCNC(=O)c3cccc(F)n3)C2=O)c(C)c1. The van der Waals surface area contributed by atoms with Gasteiger partial charge in [-0.3, -0.25) is 57.5 Å². The Morgan fingerprint density at radius 3 is 0.823 bits per heavy atom. The predicted octanol–water partition coefficient (Wildman–Crippen LogP) is 13.2. The van der Waals surface area contributed by atoms with Gasteiger partial charge in [-0.25, -0.2) is 15.0 Å². The first-order valence-corrected chi connectivity index (χ1v) is 37.9. The molecule has 0 radical (unpaired) electrons. The van der Waals surface area contributed by atoms with Crippen molar-refractivity contribution >= 4 is 69.9 Å². The zero-order valence-electron chi connectivity index (χ0n) is 66.8. The van der Waals surface area contributed by atoms with Crippen LogP contribution in [0.1, 0.15) is 230 Å². The Morgan fingerprint density at radius 2 is 0.602 bits per heavy atom.